The highest BCUT2D eigenvalue weighted by atomic mass is 19.1. The normalized spacial score (nSPS) is 10.7. The maximum atomic E-state index is 14.1. The average molecular weight is 331 g/mol. The molecule has 5 heteroatoms. The molecule has 1 heterocycles. The van der Waals surface area contributed by atoms with Crippen LogP contribution in [0.4, 0.5) is 4.39 Å². The molecule has 0 spiro atoms. The Balaban J connectivity index is 2.12. The molecule has 0 N–H and O–H groups in total. The van der Waals surface area contributed by atoms with E-state index in [1.54, 1.807) is 19.1 Å². The number of carbonyl (C=O) groups excluding carboxylic acids is 1. The van der Waals surface area contributed by atoms with Crippen molar-refractivity contribution in [2.75, 3.05) is 6.61 Å². The molecule has 0 saturated carbocycles. The van der Waals surface area contributed by atoms with Crippen molar-refractivity contribution in [3.8, 4) is 11.6 Å². The number of halogens is 1. The maximum Gasteiger partial charge on any atom is 0.339 e. The molecular weight excluding hydrogens is 309 g/mol. The summed E-state index contributed by atoms with van der Waals surface area (Å²) in [5, 5.41) is 0. The van der Waals surface area contributed by atoms with E-state index in [-0.39, 0.29) is 18.1 Å². The lowest BCUT2D eigenvalue weighted by Crippen LogP contribution is -2.06. The van der Waals surface area contributed by atoms with Gasteiger partial charge in [0, 0.05) is 6.20 Å². The molecular formula is C19H22FNO3. The lowest BCUT2D eigenvalue weighted by molar-refractivity contribution is 0.0525. The zero-order valence-corrected chi connectivity index (χ0v) is 14.2. The molecule has 1 aromatic carbocycles. The summed E-state index contributed by atoms with van der Waals surface area (Å²) in [5.74, 6) is -0.467. The first-order chi connectivity index (χ1) is 11.6. The third-order valence-corrected chi connectivity index (χ3v) is 3.87. The highest BCUT2D eigenvalue weighted by molar-refractivity contribution is 5.89. The maximum absolute atomic E-state index is 14.1. The van der Waals surface area contributed by atoms with Crippen LogP contribution in [0.1, 0.15) is 55.5 Å². The second-order valence-electron chi connectivity index (χ2n) is 5.42. The fraction of sp³-hybridized carbons (Fsp3) is 0.368. The Kier molecular flexibility index (Phi) is 6.29. The van der Waals surface area contributed by atoms with E-state index in [2.05, 4.69) is 18.8 Å². The lowest BCUT2D eigenvalue weighted by atomic mass is 9.94. The number of ether oxygens (including phenoxy) is 2. The lowest BCUT2D eigenvalue weighted by Gasteiger charge is -2.13. The van der Waals surface area contributed by atoms with E-state index < -0.39 is 11.8 Å². The predicted octanol–water partition coefficient (Wildman–Crippen LogP) is 5.09. The predicted molar refractivity (Wildman–Crippen MR) is 90.0 cm³/mol. The van der Waals surface area contributed by atoms with Crippen LogP contribution in [0.3, 0.4) is 0 Å². The first-order valence-corrected chi connectivity index (χ1v) is 8.19. The third-order valence-electron chi connectivity index (χ3n) is 3.87. The van der Waals surface area contributed by atoms with E-state index in [0.29, 0.717) is 11.7 Å². The van der Waals surface area contributed by atoms with Crippen molar-refractivity contribution < 1.29 is 18.7 Å². The second-order valence-corrected chi connectivity index (χ2v) is 5.42. The molecule has 0 amide bonds. The van der Waals surface area contributed by atoms with Crippen molar-refractivity contribution in [1.29, 1.82) is 0 Å². The number of hydrogen-bond acceptors (Lipinski definition) is 4. The molecule has 0 aliphatic heterocycles. The van der Waals surface area contributed by atoms with Crippen molar-refractivity contribution >= 4 is 5.97 Å². The molecule has 4 nitrogen and oxygen atoms in total. The van der Waals surface area contributed by atoms with Gasteiger partial charge in [-0.2, -0.15) is 0 Å². The average Bonchev–Trinajstić information content (AvgIpc) is 2.59. The SMILES string of the molecule is CCOC(=O)c1cnc(Oc2ccc(C(CC)CC)cc2)c(F)c1. The summed E-state index contributed by atoms with van der Waals surface area (Å²) in [4.78, 5) is 15.4. The molecule has 1 aromatic heterocycles. The monoisotopic (exact) mass is 331 g/mol. The first-order valence-electron chi connectivity index (χ1n) is 8.19. The first kappa shape index (κ1) is 17.9. The molecule has 0 unspecified atom stereocenters. The number of rotatable bonds is 7. The topological polar surface area (TPSA) is 48.4 Å². The van der Waals surface area contributed by atoms with Crippen LogP contribution in [-0.2, 0) is 4.74 Å². The fourth-order valence-corrected chi connectivity index (χ4v) is 2.51. The summed E-state index contributed by atoms with van der Waals surface area (Å²) < 4.78 is 24.3. The van der Waals surface area contributed by atoms with Crippen LogP contribution in [0.25, 0.3) is 0 Å². The summed E-state index contributed by atoms with van der Waals surface area (Å²) in [7, 11) is 0. The van der Waals surface area contributed by atoms with E-state index in [4.69, 9.17) is 9.47 Å². The molecule has 0 saturated heterocycles. The number of esters is 1. The van der Waals surface area contributed by atoms with E-state index in [1.807, 2.05) is 12.1 Å². The molecule has 0 aliphatic rings. The van der Waals surface area contributed by atoms with Crippen LogP contribution in [-0.4, -0.2) is 17.6 Å². The van der Waals surface area contributed by atoms with Crippen LogP contribution in [0.5, 0.6) is 11.6 Å². The van der Waals surface area contributed by atoms with Gasteiger partial charge in [-0.3, -0.25) is 0 Å². The van der Waals surface area contributed by atoms with Gasteiger partial charge in [-0.1, -0.05) is 26.0 Å². The minimum absolute atomic E-state index is 0.0609. The Morgan fingerprint density at radius 2 is 1.83 bits per heavy atom. The molecule has 128 valence electrons. The Morgan fingerprint density at radius 3 is 2.38 bits per heavy atom. The Morgan fingerprint density at radius 1 is 1.17 bits per heavy atom. The summed E-state index contributed by atoms with van der Waals surface area (Å²) in [6, 6.07) is 8.64. The molecule has 0 fully saturated rings. The molecule has 0 aliphatic carbocycles. The highest BCUT2D eigenvalue weighted by Gasteiger charge is 2.14. The Hall–Kier alpha value is -2.43. The van der Waals surface area contributed by atoms with Crippen molar-refractivity contribution in [2.24, 2.45) is 0 Å². The summed E-state index contributed by atoms with van der Waals surface area (Å²) in [6.45, 7) is 6.22. The van der Waals surface area contributed by atoms with Crippen LogP contribution < -0.4 is 4.74 Å². The van der Waals surface area contributed by atoms with E-state index in [9.17, 15) is 9.18 Å². The van der Waals surface area contributed by atoms with Crippen molar-refractivity contribution in [1.82, 2.24) is 4.98 Å². The number of hydrogen-bond donors (Lipinski definition) is 0. The Bertz CT molecular complexity index is 682. The van der Waals surface area contributed by atoms with Crippen LogP contribution >= 0.6 is 0 Å². The van der Waals surface area contributed by atoms with Gasteiger partial charge in [0.1, 0.15) is 5.75 Å². The van der Waals surface area contributed by atoms with Crippen molar-refractivity contribution in [3.63, 3.8) is 0 Å². The van der Waals surface area contributed by atoms with Gasteiger partial charge in [0.25, 0.3) is 5.88 Å². The van der Waals surface area contributed by atoms with Gasteiger partial charge < -0.3 is 9.47 Å². The van der Waals surface area contributed by atoms with Crippen LogP contribution in [0, 0.1) is 5.82 Å². The molecule has 0 bridgehead atoms. The largest absolute Gasteiger partial charge is 0.462 e. The molecule has 0 radical (unpaired) electrons. The van der Waals surface area contributed by atoms with Gasteiger partial charge in [0.05, 0.1) is 12.2 Å². The third kappa shape index (κ3) is 4.31. The molecule has 24 heavy (non-hydrogen) atoms. The zero-order valence-electron chi connectivity index (χ0n) is 14.2. The minimum atomic E-state index is -0.704. The second kappa shape index (κ2) is 8.43. The molecule has 0 atom stereocenters. The highest BCUT2D eigenvalue weighted by Crippen LogP contribution is 2.27. The molecule has 2 aromatic rings. The van der Waals surface area contributed by atoms with Crippen molar-refractivity contribution in [3.05, 3.63) is 53.5 Å². The number of aromatic nitrogens is 1. The minimum Gasteiger partial charge on any atom is -0.462 e. The van der Waals surface area contributed by atoms with Gasteiger partial charge >= 0.3 is 5.97 Å². The molecule has 2 rings (SSSR count). The smallest absolute Gasteiger partial charge is 0.339 e. The van der Waals surface area contributed by atoms with Gasteiger partial charge in [0.15, 0.2) is 5.82 Å². The number of carbonyl (C=O) groups is 1. The van der Waals surface area contributed by atoms with Crippen molar-refractivity contribution in [2.45, 2.75) is 39.5 Å². The van der Waals surface area contributed by atoms with E-state index in [1.165, 1.54) is 11.8 Å². The number of pyridine rings is 1. The summed E-state index contributed by atoms with van der Waals surface area (Å²) in [5.41, 5.74) is 1.30. The van der Waals surface area contributed by atoms with E-state index in [0.717, 1.165) is 18.9 Å². The summed E-state index contributed by atoms with van der Waals surface area (Å²) in [6.07, 6.45) is 3.39. The summed E-state index contributed by atoms with van der Waals surface area (Å²) >= 11 is 0. The number of benzene rings is 1. The van der Waals surface area contributed by atoms with Crippen LogP contribution in [0.2, 0.25) is 0 Å². The van der Waals surface area contributed by atoms with Gasteiger partial charge in [-0.15, -0.1) is 0 Å². The quantitative estimate of drug-likeness (QED) is 0.663. The number of nitrogens with zero attached hydrogens (tertiary/aromatic N) is 1. The fourth-order valence-electron chi connectivity index (χ4n) is 2.51. The van der Waals surface area contributed by atoms with Gasteiger partial charge in [0.2, 0.25) is 0 Å². The van der Waals surface area contributed by atoms with Gasteiger partial charge in [-0.25, -0.2) is 14.2 Å². The Labute approximate surface area is 141 Å². The van der Waals surface area contributed by atoms with E-state index >= 15 is 0 Å². The zero-order chi connectivity index (χ0) is 17.5. The van der Waals surface area contributed by atoms with Gasteiger partial charge in [-0.05, 0) is 49.4 Å². The standard InChI is InChI=1S/C19H22FNO3/c1-4-13(5-2)14-7-9-16(10-8-14)24-18-17(20)11-15(12-21-18)19(22)23-6-3/h7-13H,4-6H2,1-3H3. The van der Waals surface area contributed by atoms with Crippen LogP contribution in [0.15, 0.2) is 36.5 Å².